The number of ether oxygens (including phenoxy) is 1. The minimum absolute atomic E-state index is 0.0710. The van der Waals surface area contributed by atoms with E-state index in [9.17, 15) is 5.11 Å². The van der Waals surface area contributed by atoms with Crippen LogP contribution in [0.2, 0.25) is 0 Å². The number of aliphatic hydroxyl groups excluding tert-OH is 1. The van der Waals surface area contributed by atoms with Crippen LogP contribution in [0.3, 0.4) is 0 Å². The number of hydrogen-bond donors (Lipinski definition) is 2. The lowest BCUT2D eigenvalue weighted by Gasteiger charge is -2.40. The van der Waals surface area contributed by atoms with Gasteiger partial charge in [0.1, 0.15) is 0 Å². The summed E-state index contributed by atoms with van der Waals surface area (Å²) in [5, 5.41) is 9.28. The van der Waals surface area contributed by atoms with Crippen LogP contribution in [0.15, 0.2) is 12.1 Å². The number of thiophene rings is 1. The molecule has 2 heterocycles. The Morgan fingerprint density at radius 3 is 2.89 bits per heavy atom. The van der Waals surface area contributed by atoms with Crippen molar-refractivity contribution in [2.75, 3.05) is 26.2 Å². The minimum atomic E-state index is -0.0936. The highest BCUT2D eigenvalue weighted by Gasteiger charge is 2.30. The Hall–Kier alpha value is -0.460. The van der Waals surface area contributed by atoms with Crippen molar-refractivity contribution in [2.24, 2.45) is 5.73 Å². The fourth-order valence-electron chi connectivity index (χ4n) is 2.51. The van der Waals surface area contributed by atoms with Crippen LogP contribution in [0.1, 0.15) is 22.7 Å². The smallest absolute Gasteiger partial charge is 0.0936 e. The molecule has 1 aromatic heterocycles. The van der Waals surface area contributed by atoms with Gasteiger partial charge >= 0.3 is 0 Å². The van der Waals surface area contributed by atoms with E-state index >= 15 is 0 Å². The fourth-order valence-corrected chi connectivity index (χ4v) is 3.54. The Morgan fingerprint density at radius 1 is 1.56 bits per heavy atom. The van der Waals surface area contributed by atoms with Gasteiger partial charge in [0, 0.05) is 29.4 Å². The molecule has 1 aliphatic heterocycles. The summed E-state index contributed by atoms with van der Waals surface area (Å²) in [6, 6.07) is 4.53. The second-order valence-corrected chi connectivity index (χ2v) is 6.22. The molecule has 0 radical (unpaired) electrons. The lowest BCUT2D eigenvalue weighted by Crippen LogP contribution is -2.50. The molecular formula is C13H22N2O2S. The maximum absolute atomic E-state index is 9.28. The molecule has 0 aliphatic carbocycles. The summed E-state index contributed by atoms with van der Waals surface area (Å²) in [4.78, 5) is 4.95. The molecule has 1 saturated heterocycles. The first-order chi connectivity index (χ1) is 8.63. The number of morpholine rings is 1. The van der Waals surface area contributed by atoms with Crippen molar-refractivity contribution in [2.45, 2.75) is 32.1 Å². The zero-order valence-corrected chi connectivity index (χ0v) is 11.8. The minimum Gasteiger partial charge on any atom is -0.394 e. The van der Waals surface area contributed by atoms with Crippen molar-refractivity contribution in [3.05, 3.63) is 21.9 Å². The van der Waals surface area contributed by atoms with E-state index in [0.717, 1.165) is 13.1 Å². The molecule has 4 nitrogen and oxygen atoms in total. The van der Waals surface area contributed by atoms with Crippen molar-refractivity contribution < 1.29 is 9.84 Å². The average Bonchev–Trinajstić information content (AvgIpc) is 2.76. The van der Waals surface area contributed by atoms with Crippen molar-refractivity contribution >= 4 is 11.3 Å². The van der Waals surface area contributed by atoms with Crippen LogP contribution in [-0.2, 0) is 4.74 Å². The van der Waals surface area contributed by atoms with Gasteiger partial charge in [-0.25, -0.2) is 0 Å². The predicted molar refractivity (Wildman–Crippen MR) is 73.8 cm³/mol. The second kappa shape index (κ2) is 6.12. The average molecular weight is 270 g/mol. The molecule has 3 unspecified atom stereocenters. The first kappa shape index (κ1) is 14.0. The van der Waals surface area contributed by atoms with E-state index < -0.39 is 0 Å². The first-order valence-corrected chi connectivity index (χ1v) is 7.22. The van der Waals surface area contributed by atoms with Gasteiger partial charge in [0.15, 0.2) is 0 Å². The van der Waals surface area contributed by atoms with Gasteiger partial charge in [-0.2, -0.15) is 0 Å². The monoisotopic (exact) mass is 270 g/mol. The molecule has 1 aromatic rings. The highest BCUT2D eigenvalue weighted by Crippen LogP contribution is 2.29. The van der Waals surface area contributed by atoms with Crippen LogP contribution >= 0.6 is 11.3 Å². The molecule has 2 rings (SSSR count). The van der Waals surface area contributed by atoms with Gasteiger partial charge in [-0.05, 0) is 26.0 Å². The van der Waals surface area contributed by atoms with Gasteiger partial charge in [0.05, 0.1) is 24.9 Å². The Morgan fingerprint density at radius 2 is 2.33 bits per heavy atom. The fraction of sp³-hybridized carbons (Fsp3) is 0.692. The third kappa shape index (κ3) is 3.10. The maximum Gasteiger partial charge on any atom is 0.0936 e. The van der Waals surface area contributed by atoms with Gasteiger partial charge < -0.3 is 15.6 Å². The number of nitrogens with zero attached hydrogens (tertiary/aromatic N) is 1. The molecule has 0 amide bonds. The summed E-state index contributed by atoms with van der Waals surface area (Å²) in [7, 11) is 0. The van der Waals surface area contributed by atoms with Crippen LogP contribution in [0.5, 0.6) is 0 Å². The summed E-state index contributed by atoms with van der Waals surface area (Å²) in [5.41, 5.74) is 5.94. The SMILES string of the molecule is Cc1ccc(C(CN)N2CC(C)OC(CO)C2)s1. The lowest BCUT2D eigenvalue weighted by molar-refractivity contribution is -0.105. The maximum atomic E-state index is 9.28. The summed E-state index contributed by atoms with van der Waals surface area (Å²) >= 11 is 1.80. The molecule has 0 aromatic carbocycles. The summed E-state index contributed by atoms with van der Waals surface area (Å²) < 4.78 is 5.67. The van der Waals surface area contributed by atoms with Crippen LogP contribution in [0.4, 0.5) is 0 Å². The normalized spacial score (nSPS) is 27.3. The third-order valence-corrected chi connectivity index (χ3v) is 4.41. The molecule has 0 bridgehead atoms. The molecule has 3 atom stereocenters. The van der Waals surface area contributed by atoms with Crippen LogP contribution < -0.4 is 5.73 Å². The first-order valence-electron chi connectivity index (χ1n) is 6.40. The Labute approximate surface area is 112 Å². The van der Waals surface area contributed by atoms with Crippen LogP contribution in [0.25, 0.3) is 0 Å². The van der Waals surface area contributed by atoms with Crippen molar-refractivity contribution in [3.63, 3.8) is 0 Å². The number of rotatable bonds is 4. The summed E-state index contributed by atoms with van der Waals surface area (Å²) in [6.07, 6.45) is 0.0508. The predicted octanol–water partition coefficient (Wildman–Crippen LogP) is 1.14. The highest BCUT2D eigenvalue weighted by molar-refractivity contribution is 7.12. The topological polar surface area (TPSA) is 58.7 Å². The molecule has 0 saturated carbocycles. The Kier molecular flexibility index (Phi) is 4.75. The Bertz CT molecular complexity index is 383. The van der Waals surface area contributed by atoms with Gasteiger partial charge in [0.25, 0.3) is 0 Å². The van der Waals surface area contributed by atoms with Crippen LogP contribution in [0, 0.1) is 6.92 Å². The van der Waals surface area contributed by atoms with E-state index in [-0.39, 0.29) is 24.9 Å². The second-order valence-electron chi connectivity index (χ2n) is 4.91. The van der Waals surface area contributed by atoms with Gasteiger partial charge in [0.2, 0.25) is 0 Å². The van der Waals surface area contributed by atoms with Crippen molar-refractivity contribution in [1.82, 2.24) is 4.90 Å². The number of hydrogen-bond acceptors (Lipinski definition) is 5. The van der Waals surface area contributed by atoms with Gasteiger partial charge in [-0.1, -0.05) is 0 Å². The summed E-state index contributed by atoms with van der Waals surface area (Å²) in [5.74, 6) is 0. The number of aliphatic hydroxyl groups is 1. The zero-order chi connectivity index (χ0) is 13.1. The molecule has 5 heteroatoms. The largest absolute Gasteiger partial charge is 0.394 e. The quantitative estimate of drug-likeness (QED) is 0.861. The highest BCUT2D eigenvalue weighted by atomic mass is 32.1. The number of aryl methyl sites for hydroxylation is 1. The molecule has 0 spiro atoms. The molecular weight excluding hydrogens is 248 g/mol. The van der Waals surface area contributed by atoms with Crippen molar-refractivity contribution in [1.29, 1.82) is 0 Å². The van der Waals surface area contributed by atoms with E-state index in [4.69, 9.17) is 10.5 Å². The standard InChI is InChI=1S/C13H22N2O2S/c1-9-6-15(7-11(8-16)17-9)12(5-14)13-4-3-10(2)18-13/h3-4,9,11-12,16H,5-8,14H2,1-2H3. The van der Waals surface area contributed by atoms with Gasteiger partial charge in [-0.15, -0.1) is 11.3 Å². The van der Waals surface area contributed by atoms with Gasteiger partial charge in [-0.3, -0.25) is 4.90 Å². The van der Waals surface area contributed by atoms with E-state index in [2.05, 4.69) is 24.0 Å². The van der Waals surface area contributed by atoms with E-state index in [1.54, 1.807) is 11.3 Å². The van der Waals surface area contributed by atoms with E-state index in [1.807, 2.05) is 6.92 Å². The Balaban J connectivity index is 2.11. The zero-order valence-electron chi connectivity index (χ0n) is 11.0. The third-order valence-electron chi connectivity index (χ3n) is 3.31. The van der Waals surface area contributed by atoms with Crippen LogP contribution in [-0.4, -0.2) is 48.5 Å². The number of nitrogens with two attached hydrogens (primary N) is 1. The molecule has 3 N–H and O–H groups in total. The molecule has 18 heavy (non-hydrogen) atoms. The molecule has 102 valence electrons. The summed E-state index contributed by atoms with van der Waals surface area (Å²) in [6.45, 7) is 6.45. The van der Waals surface area contributed by atoms with E-state index in [1.165, 1.54) is 9.75 Å². The van der Waals surface area contributed by atoms with E-state index in [0.29, 0.717) is 6.54 Å². The van der Waals surface area contributed by atoms with Crippen molar-refractivity contribution in [3.8, 4) is 0 Å². The molecule has 1 aliphatic rings. The molecule has 1 fully saturated rings. The lowest BCUT2D eigenvalue weighted by atomic mass is 10.1.